The van der Waals surface area contributed by atoms with Crippen molar-refractivity contribution in [1.29, 1.82) is 0 Å². The number of benzene rings is 2. The Labute approximate surface area is 147 Å². The molecule has 4 nitrogen and oxygen atoms in total. The molecule has 1 saturated carbocycles. The Kier molecular flexibility index (Phi) is 5.49. The van der Waals surface area contributed by atoms with Gasteiger partial charge in [-0.25, -0.2) is 4.79 Å². The van der Waals surface area contributed by atoms with E-state index in [4.69, 9.17) is 5.11 Å². The third kappa shape index (κ3) is 4.69. The summed E-state index contributed by atoms with van der Waals surface area (Å²) in [5, 5.41) is 12.1. The zero-order chi connectivity index (χ0) is 17.6. The van der Waals surface area contributed by atoms with Crippen molar-refractivity contribution in [2.24, 2.45) is 0 Å². The average Bonchev–Trinajstić information content (AvgIpc) is 2.63. The number of rotatable bonds is 5. The molecule has 25 heavy (non-hydrogen) atoms. The summed E-state index contributed by atoms with van der Waals surface area (Å²) < 4.78 is 0. The Morgan fingerprint density at radius 3 is 2.36 bits per heavy atom. The van der Waals surface area contributed by atoms with Gasteiger partial charge in [-0.3, -0.25) is 4.79 Å². The molecule has 2 aromatic carbocycles. The smallest absolute Gasteiger partial charge is 0.335 e. The van der Waals surface area contributed by atoms with Crippen LogP contribution in [-0.2, 0) is 11.2 Å². The summed E-state index contributed by atoms with van der Waals surface area (Å²) in [4.78, 5) is 23.3. The number of hydrogen-bond acceptors (Lipinski definition) is 2. The molecule has 1 aliphatic rings. The van der Waals surface area contributed by atoms with E-state index in [0.29, 0.717) is 5.92 Å². The van der Waals surface area contributed by atoms with Crippen LogP contribution in [0.3, 0.4) is 0 Å². The predicted molar refractivity (Wildman–Crippen MR) is 96.7 cm³/mol. The van der Waals surface area contributed by atoms with Crippen LogP contribution in [0.1, 0.15) is 53.1 Å². The zero-order valence-corrected chi connectivity index (χ0v) is 14.2. The Bertz CT molecular complexity index is 734. The fourth-order valence-corrected chi connectivity index (χ4v) is 3.57. The molecule has 1 fully saturated rings. The van der Waals surface area contributed by atoms with Gasteiger partial charge in [0.2, 0.25) is 5.91 Å². The molecule has 0 heterocycles. The van der Waals surface area contributed by atoms with E-state index in [1.54, 1.807) is 18.2 Å². The number of aromatic carboxylic acids is 1. The first-order chi connectivity index (χ1) is 12.1. The van der Waals surface area contributed by atoms with Crippen molar-refractivity contribution in [3.8, 4) is 0 Å². The summed E-state index contributed by atoms with van der Waals surface area (Å²) in [6, 6.07) is 17.3. The standard InChI is InChI=1S/C21H23NO3/c23-20(14-15-5-4-8-18(13-15)21(24)25)22-19-11-9-17(10-12-19)16-6-2-1-3-7-16/h1-8,13,17,19H,9-12,14H2,(H,22,23)(H,24,25). The Morgan fingerprint density at radius 2 is 1.68 bits per heavy atom. The van der Waals surface area contributed by atoms with E-state index < -0.39 is 5.97 Å². The average molecular weight is 337 g/mol. The van der Waals surface area contributed by atoms with Gasteiger partial charge in [0.05, 0.1) is 12.0 Å². The minimum Gasteiger partial charge on any atom is -0.478 e. The molecule has 2 aromatic rings. The molecule has 0 spiro atoms. The highest BCUT2D eigenvalue weighted by molar-refractivity contribution is 5.88. The van der Waals surface area contributed by atoms with E-state index in [1.165, 1.54) is 11.6 Å². The number of carbonyl (C=O) groups is 2. The van der Waals surface area contributed by atoms with E-state index in [9.17, 15) is 9.59 Å². The van der Waals surface area contributed by atoms with Crippen LogP contribution in [0.4, 0.5) is 0 Å². The summed E-state index contributed by atoms with van der Waals surface area (Å²) in [5.41, 5.74) is 2.34. The second-order valence-electron chi connectivity index (χ2n) is 6.71. The van der Waals surface area contributed by atoms with Crippen LogP contribution in [0.15, 0.2) is 54.6 Å². The van der Waals surface area contributed by atoms with Gasteiger partial charge in [0.25, 0.3) is 0 Å². The minimum absolute atomic E-state index is 0.0364. The first kappa shape index (κ1) is 17.2. The first-order valence-electron chi connectivity index (χ1n) is 8.78. The van der Waals surface area contributed by atoms with Gasteiger partial charge in [-0.15, -0.1) is 0 Å². The van der Waals surface area contributed by atoms with Crippen LogP contribution in [0.5, 0.6) is 0 Å². The Balaban J connectivity index is 1.49. The maximum absolute atomic E-state index is 12.3. The molecule has 1 amide bonds. The number of amides is 1. The molecule has 130 valence electrons. The maximum Gasteiger partial charge on any atom is 0.335 e. The van der Waals surface area contributed by atoms with E-state index in [2.05, 4.69) is 29.6 Å². The van der Waals surface area contributed by atoms with E-state index in [0.717, 1.165) is 31.2 Å². The van der Waals surface area contributed by atoms with Gasteiger partial charge in [-0.05, 0) is 54.9 Å². The number of carbonyl (C=O) groups excluding carboxylic acids is 1. The third-order valence-corrected chi connectivity index (χ3v) is 4.90. The fourth-order valence-electron chi connectivity index (χ4n) is 3.57. The highest BCUT2D eigenvalue weighted by Gasteiger charge is 2.23. The van der Waals surface area contributed by atoms with Crippen LogP contribution in [-0.4, -0.2) is 23.0 Å². The number of carboxylic acid groups (broad SMARTS) is 1. The van der Waals surface area contributed by atoms with Gasteiger partial charge in [0.1, 0.15) is 0 Å². The molecule has 3 rings (SSSR count). The van der Waals surface area contributed by atoms with Crippen LogP contribution in [0.25, 0.3) is 0 Å². The molecule has 0 aromatic heterocycles. The molecule has 0 aliphatic heterocycles. The largest absolute Gasteiger partial charge is 0.478 e. The molecule has 0 atom stereocenters. The van der Waals surface area contributed by atoms with Crippen molar-refractivity contribution in [2.45, 2.75) is 44.1 Å². The van der Waals surface area contributed by atoms with E-state index >= 15 is 0 Å². The summed E-state index contributed by atoms with van der Waals surface area (Å²) in [6.07, 6.45) is 4.37. The summed E-state index contributed by atoms with van der Waals surface area (Å²) in [7, 11) is 0. The van der Waals surface area contributed by atoms with Crippen molar-refractivity contribution in [1.82, 2.24) is 5.32 Å². The fraction of sp³-hybridized carbons (Fsp3) is 0.333. The molecule has 4 heteroatoms. The number of carboxylic acids is 1. The lowest BCUT2D eigenvalue weighted by Crippen LogP contribution is -2.38. The predicted octanol–water partition coefficient (Wildman–Crippen LogP) is 3.77. The van der Waals surface area contributed by atoms with Gasteiger partial charge in [-0.1, -0.05) is 42.5 Å². The Hall–Kier alpha value is -2.62. The SMILES string of the molecule is O=C(Cc1cccc(C(=O)O)c1)NC1CCC(c2ccccc2)CC1. The van der Waals surface area contributed by atoms with Gasteiger partial charge in [0, 0.05) is 6.04 Å². The summed E-state index contributed by atoms with van der Waals surface area (Å²) in [6.45, 7) is 0. The molecular formula is C21H23NO3. The van der Waals surface area contributed by atoms with Gasteiger partial charge >= 0.3 is 5.97 Å². The lowest BCUT2D eigenvalue weighted by molar-refractivity contribution is -0.121. The van der Waals surface area contributed by atoms with Crippen LogP contribution < -0.4 is 5.32 Å². The third-order valence-electron chi connectivity index (χ3n) is 4.90. The zero-order valence-electron chi connectivity index (χ0n) is 14.2. The van der Waals surface area contributed by atoms with Gasteiger partial charge < -0.3 is 10.4 Å². The topological polar surface area (TPSA) is 66.4 Å². The number of hydrogen-bond donors (Lipinski definition) is 2. The van der Waals surface area contributed by atoms with Crippen molar-refractivity contribution < 1.29 is 14.7 Å². The summed E-state index contributed by atoms with van der Waals surface area (Å²) in [5.74, 6) is -0.422. The minimum atomic E-state index is -0.971. The molecule has 0 unspecified atom stereocenters. The maximum atomic E-state index is 12.3. The molecule has 0 radical (unpaired) electrons. The second-order valence-corrected chi connectivity index (χ2v) is 6.71. The van der Waals surface area contributed by atoms with Crippen molar-refractivity contribution in [3.63, 3.8) is 0 Å². The summed E-state index contributed by atoms with van der Waals surface area (Å²) >= 11 is 0. The highest BCUT2D eigenvalue weighted by Crippen LogP contribution is 2.32. The van der Waals surface area contributed by atoms with Crippen molar-refractivity contribution in [2.75, 3.05) is 0 Å². The van der Waals surface area contributed by atoms with Crippen LogP contribution >= 0.6 is 0 Å². The Morgan fingerprint density at radius 1 is 0.960 bits per heavy atom. The number of nitrogens with one attached hydrogen (secondary N) is 1. The van der Waals surface area contributed by atoms with E-state index in [1.807, 2.05) is 6.07 Å². The molecular weight excluding hydrogens is 314 g/mol. The second kappa shape index (κ2) is 7.97. The van der Waals surface area contributed by atoms with E-state index in [-0.39, 0.29) is 23.9 Å². The first-order valence-corrected chi connectivity index (χ1v) is 8.78. The van der Waals surface area contributed by atoms with Crippen LogP contribution in [0, 0.1) is 0 Å². The molecule has 0 bridgehead atoms. The lowest BCUT2D eigenvalue weighted by atomic mass is 9.82. The quantitative estimate of drug-likeness (QED) is 0.873. The van der Waals surface area contributed by atoms with Gasteiger partial charge in [0.15, 0.2) is 0 Å². The van der Waals surface area contributed by atoms with Gasteiger partial charge in [-0.2, -0.15) is 0 Å². The lowest BCUT2D eigenvalue weighted by Gasteiger charge is -2.29. The van der Waals surface area contributed by atoms with Crippen LogP contribution in [0.2, 0.25) is 0 Å². The normalized spacial score (nSPS) is 20.0. The molecule has 2 N–H and O–H groups in total. The monoisotopic (exact) mass is 337 g/mol. The van der Waals surface area contributed by atoms with Crippen molar-refractivity contribution >= 4 is 11.9 Å². The highest BCUT2D eigenvalue weighted by atomic mass is 16.4. The molecule has 0 saturated heterocycles. The molecule has 1 aliphatic carbocycles. The van der Waals surface area contributed by atoms with Crippen molar-refractivity contribution in [3.05, 3.63) is 71.3 Å².